The van der Waals surface area contributed by atoms with Crippen LogP contribution in [0, 0.1) is 0 Å². The number of hydrogen-bond acceptors (Lipinski definition) is 2. The van der Waals surface area contributed by atoms with Gasteiger partial charge in [0.25, 0.3) is 0 Å². The lowest BCUT2D eigenvalue weighted by molar-refractivity contribution is 0.0988. The van der Waals surface area contributed by atoms with Gasteiger partial charge in [0.15, 0.2) is 5.78 Å². The van der Waals surface area contributed by atoms with E-state index in [4.69, 9.17) is 4.65 Å². The summed E-state index contributed by atoms with van der Waals surface area (Å²) in [6, 6.07) is 7.20. The fourth-order valence-electron chi connectivity index (χ4n) is 1.00. The first-order chi connectivity index (χ1) is 5.77. The van der Waals surface area contributed by atoms with Gasteiger partial charge in [-0.3, -0.25) is 4.79 Å². The molecule has 3 heteroatoms. The molecule has 0 fully saturated rings. The van der Waals surface area contributed by atoms with Crippen molar-refractivity contribution in [3.05, 3.63) is 29.8 Å². The predicted molar refractivity (Wildman–Crippen MR) is 50.2 cm³/mol. The summed E-state index contributed by atoms with van der Waals surface area (Å²) in [5.74, 6) is 0.878. The number of benzene rings is 1. The molecule has 0 aliphatic rings. The second-order valence-corrected chi connectivity index (χ2v) is 2.51. The first-order valence-corrected chi connectivity index (χ1v) is 3.95. The Labute approximate surface area is 73.0 Å². The van der Waals surface area contributed by atoms with Crippen molar-refractivity contribution in [2.75, 3.05) is 0 Å². The van der Waals surface area contributed by atoms with E-state index in [-0.39, 0.29) is 5.78 Å². The molecule has 1 rings (SSSR count). The zero-order valence-corrected chi connectivity index (χ0v) is 7.33. The lowest BCUT2D eigenvalue weighted by atomic mass is 10.1. The third kappa shape index (κ3) is 1.88. The average molecular weight is 162 g/mol. The van der Waals surface area contributed by atoms with E-state index in [2.05, 4.69) is 0 Å². The maximum absolute atomic E-state index is 11.2. The Morgan fingerprint density at radius 2 is 2.33 bits per heavy atom. The van der Waals surface area contributed by atoms with Gasteiger partial charge in [0.2, 0.25) is 0 Å². The highest BCUT2D eigenvalue weighted by Crippen LogP contribution is 2.13. The van der Waals surface area contributed by atoms with Gasteiger partial charge in [0.05, 0.1) is 5.75 Å². The molecule has 0 unspecified atom stereocenters. The fraction of sp³-hybridized carbons (Fsp3) is 0.222. The second-order valence-electron chi connectivity index (χ2n) is 2.51. The summed E-state index contributed by atoms with van der Waals surface area (Å²) in [5.41, 5.74) is 0.719. The predicted octanol–water partition coefficient (Wildman–Crippen LogP) is 1.21. The standard InChI is InChI=1S/C9H11BO2/c1-2-9(11)7-4-3-5-8(6-7)12-10/h3-6H,2,10H2,1H3. The molecule has 0 atom stereocenters. The van der Waals surface area contributed by atoms with Crippen LogP contribution < -0.4 is 4.65 Å². The Bertz CT molecular complexity index is 284. The van der Waals surface area contributed by atoms with Crippen LogP contribution in [0.15, 0.2) is 24.3 Å². The second kappa shape index (κ2) is 3.95. The Morgan fingerprint density at radius 1 is 1.58 bits per heavy atom. The van der Waals surface area contributed by atoms with Crippen LogP contribution in [0.5, 0.6) is 5.75 Å². The van der Waals surface area contributed by atoms with Crippen molar-refractivity contribution in [2.24, 2.45) is 0 Å². The van der Waals surface area contributed by atoms with E-state index in [1.165, 1.54) is 0 Å². The summed E-state index contributed by atoms with van der Waals surface area (Å²) < 4.78 is 5.00. The zero-order valence-electron chi connectivity index (χ0n) is 7.33. The maximum atomic E-state index is 11.2. The molecular weight excluding hydrogens is 151 g/mol. The van der Waals surface area contributed by atoms with Crippen LogP contribution in [0.3, 0.4) is 0 Å². The van der Waals surface area contributed by atoms with E-state index in [0.717, 1.165) is 11.3 Å². The number of carbonyl (C=O) groups excluding carboxylic acids is 1. The molecule has 0 saturated carbocycles. The van der Waals surface area contributed by atoms with Crippen molar-refractivity contribution >= 4 is 13.8 Å². The van der Waals surface area contributed by atoms with Gasteiger partial charge < -0.3 is 4.65 Å². The zero-order chi connectivity index (χ0) is 8.97. The summed E-state index contributed by atoms with van der Waals surface area (Å²) in [5, 5.41) is 0. The molecule has 1 aromatic carbocycles. The van der Waals surface area contributed by atoms with Gasteiger partial charge in [-0.2, -0.15) is 0 Å². The highest BCUT2D eigenvalue weighted by molar-refractivity contribution is 6.00. The van der Waals surface area contributed by atoms with Crippen molar-refractivity contribution < 1.29 is 9.45 Å². The monoisotopic (exact) mass is 162 g/mol. The molecule has 0 amide bonds. The van der Waals surface area contributed by atoms with Crippen molar-refractivity contribution in [2.45, 2.75) is 13.3 Å². The van der Waals surface area contributed by atoms with E-state index in [1.807, 2.05) is 19.1 Å². The average Bonchev–Trinajstić information content (AvgIpc) is 2.17. The first kappa shape index (κ1) is 8.85. The van der Waals surface area contributed by atoms with E-state index >= 15 is 0 Å². The van der Waals surface area contributed by atoms with Crippen molar-refractivity contribution in [1.82, 2.24) is 0 Å². The molecule has 0 spiro atoms. The highest BCUT2D eigenvalue weighted by atomic mass is 16.4. The van der Waals surface area contributed by atoms with Gasteiger partial charge in [-0.1, -0.05) is 19.1 Å². The van der Waals surface area contributed by atoms with E-state index in [9.17, 15) is 4.79 Å². The number of rotatable bonds is 3. The van der Waals surface area contributed by atoms with Gasteiger partial charge in [0, 0.05) is 12.0 Å². The number of ketones is 1. The van der Waals surface area contributed by atoms with E-state index < -0.39 is 0 Å². The van der Waals surface area contributed by atoms with Crippen molar-refractivity contribution in [3.8, 4) is 5.75 Å². The Morgan fingerprint density at radius 3 is 2.92 bits per heavy atom. The van der Waals surface area contributed by atoms with Gasteiger partial charge >= 0.3 is 8.05 Å². The third-order valence-electron chi connectivity index (χ3n) is 1.71. The summed E-state index contributed by atoms with van der Waals surface area (Å²) in [7, 11) is 1.59. The topological polar surface area (TPSA) is 26.3 Å². The van der Waals surface area contributed by atoms with Crippen LogP contribution in [-0.2, 0) is 0 Å². The Kier molecular flexibility index (Phi) is 2.91. The van der Waals surface area contributed by atoms with Crippen molar-refractivity contribution in [3.63, 3.8) is 0 Å². The lowest BCUT2D eigenvalue weighted by Gasteiger charge is -2.02. The van der Waals surface area contributed by atoms with Gasteiger partial charge in [0.1, 0.15) is 0 Å². The molecule has 0 aromatic heterocycles. The molecule has 1 aromatic rings. The highest BCUT2D eigenvalue weighted by Gasteiger charge is 2.02. The molecule has 0 bridgehead atoms. The maximum Gasteiger partial charge on any atom is 0.322 e. The minimum Gasteiger partial charge on any atom is -0.568 e. The minimum absolute atomic E-state index is 0.147. The minimum atomic E-state index is 0.147. The Balaban J connectivity index is 2.93. The van der Waals surface area contributed by atoms with Crippen LogP contribution in [0.2, 0.25) is 0 Å². The lowest BCUT2D eigenvalue weighted by Crippen LogP contribution is -1.96. The normalized spacial score (nSPS) is 9.42. The molecule has 0 aliphatic carbocycles. The van der Waals surface area contributed by atoms with Crippen LogP contribution in [-0.4, -0.2) is 13.8 Å². The molecule has 2 nitrogen and oxygen atoms in total. The molecule has 0 saturated heterocycles. The molecule has 0 radical (unpaired) electrons. The molecule has 0 N–H and O–H groups in total. The van der Waals surface area contributed by atoms with Gasteiger partial charge in [-0.25, -0.2) is 0 Å². The molecule has 12 heavy (non-hydrogen) atoms. The van der Waals surface area contributed by atoms with Crippen LogP contribution in [0.25, 0.3) is 0 Å². The number of Topliss-reactive ketones (excluding diaryl/α,β-unsaturated/α-hetero) is 1. The first-order valence-electron chi connectivity index (χ1n) is 3.95. The van der Waals surface area contributed by atoms with Crippen LogP contribution >= 0.6 is 0 Å². The molecule has 62 valence electrons. The largest absolute Gasteiger partial charge is 0.568 e. The van der Waals surface area contributed by atoms with Gasteiger partial charge in [-0.05, 0) is 12.1 Å². The van der Waals surface area contributed by atoms with Gasteiger partial charge in [-0.15, -0.1) is 0 Å². The van der Waals surface area contributed by atoms with E-state index in [1.54, 1.807) is 20.2 Å². The fourth-order valence-corrected chi connectivity index (χ4v) is 1.00. The quantitative estimate of drug-likeness (QED) is 0.493. The summed E-state index contributed by atoms with van der Waals surface area (Å²) in [6.07, 6.45) is 0.535. The van der Waals surface area contributed by atoms with Crippen molar-refractivity contribution in [1.29, 1.82) is 0 Å². The summed E-state index contributed by atoms with van der Waals surface area (Å²) in [6.45, 7) is 1.85. The van der Waals surface area contributed by atoms with Crippen LogP contribution in [0.4, 0.5) is 0 Å². The summed E-state index contributed by atoms with van der Waals surface area (Å²) >= 11 is 0. The van der Waals surface area contributed by atoms with Crippen LogP contribution in [0.1, 0.15) is 23.7 Å². The molecular formula is C9H11BO2. The SMILES string of the molecule is BOc1cccc(C(=O)CC)c1. The molecule has 0 heterocycles. The number of carbonyl (C=O) groups is 1. The smallest absolute Gasteiger partial charge is 0.322 e. The van der Waals surface area contributed by atoms with E-state index in [0.29, 0.717) is 6.42 Å². The number of hydrogen-bond donors (Lipinski definition) is 0. The Hall–Kier alpha value is -1.25. The summed E-state index contributed by atoms with van der Waals surface area (Å²) in [4.78, 5) is 11.2. The molecule has 0 aliphatic heterocycles. The third-order valence-corrected chi connectivity index (χ3v) is 1.71.